The second kappa shape index (κ2) is 12.2. The van der Waals surface area contributed by atoms with Crippen molar-refractivity contribution in [3.05, 3.63) is 100 Å². The van der Waals surface area contributed by atoms with Crippen LogP contribution >= 0.6 is 15.9 Å². The summed E-state index contributed by atoms with van der Waals surface area (Å²) in [5.74, 6) is 1.88. The molecular formula is C27H28BrN3O4S. The summed E-state index contributed by atoms with van der Waals surface area (Å²) < 4.78 is 37.4. The number of aryl methyl sites for hydroxylation is 2. The first kappa shape index (κ1) is 25.9. The lowest BCUT2D eigenvalue weighted by Gasteiger charge is -2.08. The molecule has 0 unspecified atom stereocenters. The summed E-state index contributed by atoms with van der Waals surface area (Å²) in [5, 5.41) is 0. The summed E-state index contributed by atoms with van der Waals surface area (Å²) in [5.41, 5.74) is 3.02. The van der Waals surface area contributed by atoms with Crippen molar-refractivity contribution < 1.29 is 17.6 Å². The van der Waals surface area contributed by atoms with Crippen LogP contribution in [0.1, 0.15) is 41.4 Å². The largest absolute Gasteiger partial charge is 0.487 e. The number of nitrogens with zero attached hydrogens (tertiary/aromatic N) is 3. The Balaban J connectivity index is 1.19. The third kappa shape index (κ3) is 8.20. The predicted octanol–water partition coefficient (Wildman–Crippen LogP) is 5.95. The first-order valence-electron chi connectivity index (χ1n) is 11.6. The summed E-state index contributed by atoms with van der Waals surface area (Å²) in [4.78, 5) is 8.61. The Hall–Kier alpha value is -3.17. The van der Waals surface area contributed by atoms with E-state index < -0.39 is 9.84 Å². The molecule has 2 aromatic heterocycles. The van der Waals surface area contributed by atoms with Crippen LogP contribution in [0.5, 0.6) is 5.75 Å². The number of unbranched alkanes of at least 4 members (excludes halogenated alkanes) is 1. The zero-order chi connectivity index (χ0) is 25.4. The minimum Gasteiger partial charge on any atom is -0.487 e. The number of rotatable bonds is 12. The highest BCUT2D eigenvalue weighted by atomic mass is 79.9. The highest BCUT2D eigenvalue weighted by Gasteiger charge is 2.10. The second-order valence-electron chi connectivity index (χ2n) is 8.56. The van der Waals surface area contributed by atoms with Crippen LogP contribution in [0.2, 0.25) is 0 Å². The molecule has 4 rings (SSSR count). The van der Waals surface area contributed by atoms with Crippen LogP contribution in [0.4, 0.5) is 0 Å². The van der Waals surface area contributed by atoms with Gasteiger partial charge in [0.25, 0.3) is 0 Å². The van der Waals surface area contributed by atoms with Gasteiger partial charge in [-0.15, -0.1) is 0 Å². The molecule has 0 spiro atoms. The molecule has 4 aromatic rings. The lowest BCUT2D eigenvalue weighted by atomic mass is 10.1. The molecule has 0 amide bonds. The molecule has 0 bridgehead atoms. The van der Waals surface area contributed by atoms with Crippen LogP contribution in [0.3, 0.4) is 0 Å². The third-order valence-corrected chi connectivity index (χ3v) is 6.79. The quantitative estimate of drug-likeness (QED) is 0.196. The fraction of sp³-hybridized carbons (Fsp3) is 0.259. The fourth-order valence-electron chi connectivity index (χ4n) is 3.65. The van der Waals surface area contributed by atoms with Gasteiger partial charge in [-0.1, -0.05) is 40.2 Å². The molecule has 0 radical (unpaired) electrons. The standard InChI is InChI=1S/C27H28BrN3O4S/c1-36(32,33)20-26-29-15-17-31(26)16-3-2-4-21-7-12-25(13-8-21)34-18-24-19-35-27(30-24)14-9-22-5-10-23(28)11-6-22/h5-15,17,19H,2-4,16,18,20H2,1H3. The first-order valence-corrected chi connectivity index (χ1v) is 14.5. The van der Waals surface area contributed by atoms with E-state index >= 15 is 0 Å². The number of aromatic nitrogens is 3. The van der Waals surface area contributed by atoms with Gasteiger partial charge in [-0.3, -0.25) is 0 Å². The molecule has 0 saturated carbocycles. The van der Waals surface area contributed by atoms with E-state index in [2.05, 4.69) is 38.0 Å². The Kier molecular flexibility index (Phi) is 8.77. The van der Waals surface area contributed by atoms with Gasteiger partial charge in [-0.2, -0.15) is 0 Å². The number of hydrogen-bond acceptors (Lipinski definition) is 6. The molecule has 188 valence electrons. The Morgan fingerprint density at radius 1 is 1.06 bits per heavy atom. The van der Waals surface area contributed by atoms with Gasteiger partial charge in [-0.05, 0) is 60.7 Å². The Bertz CT molecular complexity index is 1390. The summed E-state index contributed by atoms with van der Waals surface area (Å²) in [7, 11) is -3.09. The zero-order valence-corrected chi connectivity index (χ0v) is 22.4. The van der Waals surface area contributed by atoms with E-state index in [9.17, 15) is 8.42 Å². The van der Waals surface area contributed by atoms with Gasteiger partial charge in [0, 0.05) is 35.7 Å². The second-order valence-corrected chi connectivity index (χ2v) is 11.6. The maximum atomic E-state index is 11.5. The number of benzene rings is 2. The normalized spacial score (nSPS) is 11.8. The zero-order valence-electron chi connectivity index (χ0n) is 20.0. The van der Waals surface area contributed by atoms with E-state index in [1.165, 1.54) is 11.8 Å². The molecule has 0 aliphatic rings. The number of ether oxygens (including phenoxy) is 1. The lowest BCUT2D eigenvalue weighted by molar-refractivity contribution is 0.301. The van der Waals surface area contributed by atoms with Crippen molar-refractivity contribution in [2.24, 2.45) is 0 Å². The van der Waals surface area contributed by atoms with Crippen molar-refractivity contribution in [1.29, 1.82) is 0 Å². The SMILES string of the molecule is CS(=O)(=O)Cc1nccn1CCCCc1ccc(OCc2coc(C=Cc3ccc(Br)cc3)n2)cc1. The van der Waals surface area contributed by atoms with Crippen LogP contribution < -0.4 is 4.74 Å². The first-order chi connectivity index (χ1) is 17.3. The van der Waals surface area contributed by atoms with Crippen molar-refractivity contribution in [2.45, 2.75) is 38.2 Å². The van der Waals surface area contributed by atoms with Crippen molar-refractivity contribution in [3.63, 3.8) is 0 Å². The van der Waals surface area contributed by atoms with E-state index in [-0.39, 0.29) is 5.75 Å². The molecule has 0 fully saturated rings. The van der Waals surface area contributed by atoms with Gasteiger partial charge in [0.15, 0.2) is 9.84 Å². The van der Waals surface area contributed by atoms with Gasteiger partial charge >= 0.3 is 0 Å². The summed E-state index contributed by atoms with van der Waals surface area (Å²) in [6, 6.07) is 16.0. The molecule has 0 atom stereocenters. The number of sulfone groups is 1. The molecule has 0 aliphatic carbocycles. The molecule has 2 aromatic carbocycles. The van der Waals surface area contributed by atoms with Crippen molar-refractivity contribution in [1.82, 2.24) is 14.5 Å². The van der Waals surface area contributed by atoms with Crippen molar-refractivity contribution in [2.75, 3.05) is 6.26 Å². The third-order valence-electron chi connectivity index (χ3n) is 5.48. The monoisotopic (exact) mass is 569 g/mol. The average molecular weight is 571 g/mol. The fourth-order valence-corrected chi connectivity index (χ4v) is 4.62. The van der Waals surface area contributed by atoms with Crippen LogP contribution in [0.15, 0.2) is 76.1 Å². The molecule has 0 saturated heterocycles. The Morgan fingerprint density at radius 2 is 1.83 bits per heavy atom. The van der Waals surface area contributed by atoms with Crippen LogP contribution in [0, 0.1) is 0 Å². The number of halogens is 1. The maximum Gasteiger partial charge on any atom is 0.218 e. The van der Waals surface area contributed by atoms with E-state index in [0.29, 0.717) is 18.3 Å². The lowest BCUT2D eigenvalue weighted by Crippen LogP contribution is -2.09. The van der Waals surface area contributed by atoms with E-state index in [1.54, 1.807) is 12.5 Å². The molecular weight excluding hydrogens is 542 g/mol. The van der Waals surface area contributed by atoms with Gasteiger partial charge in [-0.25, -0.2) is 18.4 Å². The Labute approximate surface area is 219 Å². The van der Waals surface area contributed by atoms with Crippen LogP contribution in [0.25, 0.3) is 12.2 Å². The number of oxazole rings is 1. The van der Waals surface area contributed by atoms with Crippen molar-refractivity contribution in [3.8, 4) is 5.75 Å². The molecule has 7 nitrogen and oxygen atoms in total. The summed E-state index contributed by atoms with van der Waals surface area (Å²) in [6.07, 6.45) is 13.0. The number of hydrogen-bond donors (Lipinski definition) is 0. The summed E-state index contributed by atoms with van der Waals surface area (Å²) in [6.45, 7) is 1.08. The summed E-state index contributed by atoms with van der Waals surface area (Å²) >= 11 is 3.43. The molecule has 0 aliphatic heterocycles. The van der Waals surface area contributed by atoms with E-state index in [0.717, 1.165) is 47.3 Å². The highest BCUT2D eigenvalue weighted by Crippen LogP contribution is 2.17. The van der Waals surface area contributed by atoms with Gasteiger partial charge in [0.2, 0.25) is 5.89 Å². The highest BCUT2D eigenvalue weighted by molar-refractivity contribution is 9.10. The Morgan fingerprint density at radius 3 is 2.58 bits per heavy atom. The van der Waals surface area contributed by atoms with E-state index in [1.807, 2.05) is 59.3 Å². The molecule has 2 heterocycles. The smallest absolute Gasteiger partial charge is 0.218 e. The van der Waals surface area contributed by atoms with Gasteiger partial charge in [0.05, 0.1) is 0 Å². The molecule has 9 heteroatoms. The van der Waals surface area contributed by atoms with Gasteiger partial charge in [0.1, 0.15) is 35.9 Å². The van der Waals surface area contributed by atoms with Crippen molar-refractivity contribution >= 4 is 37.9 Å². The number of imidazole rings is 1. The van der Waals surface area contributed by atoms with Gasteiger partial charge < -0.3 is 13.7 Å². The topological polar surface area (TPSA) is 87.2 Å². The van der Waals surface area contributed by atoms with Crippen LogP contribution in [-0.2, 0) is 35.2 Å². The minimum atomic E-state index is -3.09. The maximum absolute atomic E-state index is 11.5. The van der Waals surface area contributed by atoms with E-state index in [4.69, 9.17) is 9.15 Å². The molecule has 36 heavy (non-hydrogen) atoms. The van der Waals surface area contributed by atoms with Crippen LogP contribution in [-0.4, -0.2) is 29.2 Å². The average Bonchev–Trinajstić information content (AvgIpc) is 3.49. The predicted molar refractivity (Wildman–Crippen MR) is 144 cm³/mol. The molecule has 0 N–H and O–H groups in total. The minimum absolute atomic E-state index is 0.0280.